The van der Waals surface area contributed by atoms with E-state index in [-0.39, 0.29) is 35.3 Å². The summed E-state index contributed by atoms with van der Waals surface area (Å²) >= 11 is 0. The summed E-state index contributed by atoms with van der Waals surface area (Å²) in [6.45, 7) is 12.3. The second-order valence-corrected chi connectivity index (χ2v) is 9.55. The Labute approximate surface area is 194 Å². The number of amides is 2. The van der Waals surface area contributed by atoms with Crippen LogP contribution in [0.4, 0.5) is 0 Å². The van der Waals surface area contributed by atoms with Gasteiger partial charge < -0.3 is 20.6 Å². The number of nitrogens with one attached hydrogen (secondary N) is 2. The molecule has 1 aliphatic carbocycles. The SMILES string of the molecule is CCCNC(CC)(CC)C(=O)N[C@H](C(=O)N(C)[C@H](C=C(C)C(=O)O)C(C)C)C1CCCC1. The van der Waals surface area contributed by atoms with E-state index >= 15 is 0 Å². The van der Waals surface area contributed by atoms with Gasteiger partial charge in [-0.15, -0.1) is 0 Å². The van der Waals surface area contributed by atoms with Gasteiger partial charge in [0, 0.05) is 12.6 Å². The summed E-state index contributed by atoms with van der Waals surface area (Å²) in [6, 6.07) is -0.963. The highest BCUT2D eigenvalue weighted by Gasteiger charge is 2.41. The number of rotatable bonds is 13. The lowest BCUT2D eigenvalue weighted by Gasteiger charge is -2.37. The molecule has 2 amide bonds. The van der Waals surface area contributed by atoms with E-state index in [1.165, 1.54) is 0 Å². The van der Waals surface area contributed by atoms with Crippen LogP contribution in [0.25, 0.3) is 0 Å². The van der Waals surface area contributed by atoms with Crippen LogP contribution in [0.15, 0.2) is 11.6 Å². The Morgan fingerprint density at radius 2 is 1.69 bits per heavy atom. The molecule has 0 heterocycles. The zero-order valence-electron chi connectivity index (χ0n) is 21.2. The molecule has 0 aromatic carbocycles. The highest BCUT2D eigenvalue weighted by atomic mass is 16.4. The lowest BCUT2D eigenvalue weighted by molar-refractivity contribution is -0.140. The van der Waals surface area contributed by atoms with Gasteiger partial charge >= 0.3 is 5.97 Å². The van der Waals surface area contributed by atoms with Gasteiger partial charge in [0.2, 0.25) is 11.8 Å². The molecule has 0 saturated heterocycles. The first-order valence-corrected chi connectivity index (χ1v) is 12.3. The van der Waals surface area contributed by atoms with Crippen molar-refractivity contribution in [3.8, 4) is 0 Å². The van der Waals surface area contributed by atoms with E-state index in [1.807, 2.05) is 27.7 Å². The molecule has 1 aliphatic rings. The third kappa shape index (κ3) is 7.06. The van der Waals surface area contributed by atoms with Gasteiger partial charge in [-0.1, -0.05) is 53.5 Å². The van der Waals surface area contributed by atoms with E-state index in [9.17, 15) is 19.5 Å². The molecule has 7 nitrogen and oxygen atoms in total. The second-order valence-electron chi connectivity index (χ2n) is 9.55. The first-order valence-electron chi connectivity index (χ1n) is 12.3. The van der Waals surface area contributed by atoms with Crippen LogP contribution in [0, 0.1) is 11.8 Å². The highest BCUT2D eigenvalue weighted by molar-refractivity contribution is 5.92. The van der Waals surface area contributed by atoms with Crippen LogP contribution < -0.4 is 10.6 Å². The minimum absolute atomic E-state index is 0.0368. The third-order valence-electron chi connectivity index (χ3n) is 7.02. The molecule has 1 rings (SSSR count). The van der Waals surface area contributed by atoms with Crippen molar-refractivity contribution in [2.75, 3.05) is 13.6 Å². The van der Waals surface area contributed by atoms with Crippen LogP contribution in [-0.4, -0.2) is 59.0 Å². The van der Waals surface area contributed by atoms with Gasteiger partial charge in [0.05, 0.1) is 11.6 Å². The molecule has 0 radical (unpaired) electrons. The van der Waals surface area contributed by atoms with E-state index in [1.54, 1.807) is 24.9 Å². The number of nitrogens with zero attached hydrogens (tertiary/aromatic N) is 1. The van der Waals surface area contributed by atoms with Crippen molar-refractivity contribution in [3.63, 3.8) is 0 Å². The van der Waals surface area contributed by atoms with E-state index in [4.69, 9.17) is 0 Å². The van der Waals surface area contributed by atoms with Crippen LogP contribution in [-0.2, 0) is 14.4 Å². The fraction of sp³-hybridized carbons (Fsp3) is 0.800. The number of likely N-dealkylation sites (N-methyl/N-ethyl adjacent to an activating group) is 1. The molecule has 1 fully saturated rings. The van der Waals surface area contributed by atoms with Gasteiger partial charge in [-0.2, -0.15) is 0 Å². The van der Waals surface area contributed by atoms with Crippen molar-refractivity contribution in [1.29, 1.82) is 0 Å². The molecule has 0 aliphatic heterocycles. The normalized spacial score (nSPS) is 17.3. The monoisotopic (exact) mass is 451 g/mol. The maximum atomic E-state index is 13.7. The van der Waals surface area contributed by atoms with Crippen molar-refractivity contribution in [1.82, 2.24) is 15.5 Å². The zero-order chi connectivity index (χ0) is 24.5. The van der Waals surface area contributed by atoms with Crippen LogP contribution >= 0.6 is 0 Å². The van der Waals surface area contributed by atoms with Crippen molar-refractivity contribution in [2.24, 2.45) is 11.8 Å². The Morgan fingerprint density at radius 1 is 1.12 bits per heavy atom. The Bertz CT molecular complexity index is 664. The van der Waals surface area contributed by atoms with Crippen molar-refractivity contribution in [3.05, 3.63) is 11.6 Å². The summed E-state index contributed by atoms with van der Waals surface area (Å²) in [5.41, 5.74) is -0.479. The molecular formula is C25H45N3O4. The maximum absolute atomic E-state index is 13.7. The molecule has 0 aromatic rings. The first kappa shape index (κ1) is 28.1. The van der Waals surface area contributed by atoms with Gasteiger partial charge in [0.1, 0.15) is 6.04 Å². The van der Waals surface area contributed by atoms with Gasteiger partial charge in [-0.25, -0.2) is 4.79 Å². The van der Waals surface area contributed by atoms with E-state index in [0.717, 1.165) is 38.6 Å². The lowest BCUT2D eigenvalue weighted by atomic mass is 9.89. The third-order valence-corrected chi connectivity index (χ3v) is 7.02. The quantitative estimate of drug-likeness (QED) is 0.371. The summed E-state index contributed by atoms with van der Waals surface area (Å²) in [4.78, 5) is 40.1. The Hall–Kier alpha value is -1.89. The van der Waals surface area contributed by atoms with Gasteiger partial charge in [0.15, 0.2) is 0 Å². The number of aliphatic carboxylic acids is 1. The second kappa shape index (κ2) is 13.0. The zero-order valence-corrected chi connectivity index (χ0v) is 21.2. The van der Waals surface area contributed by atoms with E-state index < -0.39 is 17.6 Å². The molecule has 0 bridgehead atoms. The molecule has 1 saturated carbocycles. The number of hydrogen-bond acceptors (Lipinski definition) is 4. The van der Waals surface area contributed by atoms with Crippen LogP contribution in [0.2, 0.25) is 0 Å². The predicted molar refractivity (Wildman–Crippen MR) is 128 cm³/mol. The molecule has 7 heteroatoms. The average molecular weight is 452 g/mol. The van der Waals surface area contributed by atoms with Gasteiger partial charge in [-0.05, 0) is 57.4 Å². The predicted octanol–water partition coefficient (Wildman–Crippen LogP) is 3.73. The number of carboxylic acid groups (broad SMARTS) is 1. The summed E-state index contributed by atoms with van der Waals surface area (Å²) in [5.74, 6) is -1.11. The largest absolute Gasteiger partial charge is 0.478 e. The standard InChI is InChI=1S/C25H45N3O4/c1-8-15-26-25(9-2,10-3)24(32)27-21(19-13-11-12-14-19)22(29)28(7)20(17(4)5)16-18(6)23(30)31/h16-17,19-21,26H,8-15H2,1-7H3,(H,27,32)(H,30,31)/t20-,21+/m1/s1. The van der Waals surface area contributed by atoms with Crippen molar-refractivity contribution < 1.29 is 19.5 Å². The van der Waals surface area contributed by atoms with Crippen LogP contribution in [0.5, 0.6) is 0 Å². The molecule has 184 valence electrons. The molecule has 0 spiro atoms. The number of hydrogen-bond donors (Lipinski definition) is 3. The fourth-order valence-corrected chi connectivity index (χ4v) is 4.66. The molecule has 2 atom stereocenters. The topological polar surface area (TPSA) is 98.7 Å². The smallest absolute Gasteiger partial charge is 0.331 e. The Kier molecular flexibility index (Phi) is 11.4. The minimum atomic E-state index is -0.991. The molecule has 0 aromatic heterocycles. The number of carboxylic acids is 1. The summed E-state index contributed by atoms with van der Waals surface area (Å²) in [5, 5.41) is 15.9. The van der Waals surface area contributed by atoms with Crippen LogP contribution in [0.1, 0.15) is 86.5 Å². The molecule has 32 heavy (non-hydrogen) atoms. The number of carbonyl (C=O) groups excluding carboxylic acids is 2. The molecular weight excluding hydrogens is 406 g/mol. The maximum Gasteiger partial charge on any atom is 0.331 e. The fourth-order valence-electron chi connectivity index (χ4n) is 4.66. The van der Waals surface area contributed by atoms with Crippen molar-refractivity contribution >= 4 is 17.8 Å². The Balaban J connectivity index is 3.22. The van der Waals surface area contributed by atoms with E-state index in [0.29, 0.717) is 12.8 Å². The van der Waals surface area contributed by atoms with Crippen LogP contribution in [0.3, 0.4) is 0 Å². The summed E-state index contributed by atoms with van der Waals surface area (Å²) in [7, 11) is 1.72. The summed E-state index contributed by atoms with van der Waals surface area (Å²) < 4.78 is 0. The van der Waals surface area contributed by atoms with Gasteiger partial charge in [0.25, 0.3) is 0 Å². The average Bonchev–Trinajstić information content (AvgIpc) is 3.30. The van der Waals surface area contributed by atoms with Gasteiger partial charge in [-0.3, -0.25) is 9.59 Å². The minimum Gasteiger partial charge on any atom is -0.478 e. The molecule has 0 unspecified atom stereocenters. The first-order chi connectivity index (χ1) is 15.0. The Morgan fingerprint density at radius 3 is 2.12 bits per heavy atom. The number of carbonyl (C=O) groups is 3. The highest BCUT2D eigenvalue weighted by Crippen LogP contribution is 2.30. The van der Waals surface area contributed by atoms with Crippen molar-refractivity contribution in [2.45, 2.75) is 104 Å². The molecule has 3 N–H and O–H groups in total. The van der Waals surface area contributed by atoms with E-state index in [2.05, 4.69) is 17.6 Å². The lowest BCUT2D eigenvalue weighted by Crippen LogP contribution is -2.62. The summed E-state index contributed by atoms with van der Waals surface area (Å²) in [6.07, 6.45) is 7.79.